The van der Waals surface area contributed by atoms with E-state index in [4.69, 9.17) is 0 Å². The molecule has 3 nitrogen and oxygen atoms in total. The third kappa shape index (κ3) is 3.20. The number of benzene rings is 2. The third-order valence-electron chi connectivity index (χ3n) is 4.14. The van der Waals surface area contributed by atoms with Gasteiger partial charge in [-0.1, -0.05) is 64.5 Å². The van der Waals surface area contributed by atoms with Crippen molar-refractivity contribution >= 4 is 38.9 Å². The maximum absolute atomic E-state index is 12.0. The second kappa shape index (κ2) is 7.58. The number of para-hydroxylation sites is 1. The Bertz CT molecular complexity index is 868. The number of nitrogens with zero attached hydrogens (tertiary/aromatic N) is 1. The van der Waals surface area contributed by atoms with Crippen molar-refractivity contribution in [3.63, 3.8) is 0 Å². The van der Waals surface area contributed by atoms with E-state index < -0.39 is 5.78 Å². The summed E-state index contributed by atoms with van der Waals surface area (Å²) in [5.41, 5.74) is 3.69. The normalized spacial score (nSPS) is 10.9. The Morgan fingerprint density at radius 1 is 1.04 bits per heavy atom. The minimum absolute atomic E-state index is 0.396. The Labute approximate surface area is 149 Å². The van der Waals surface area contributed by atoms with Crippen LogP contribution in [0.4, 0.5) is 0 Å². The summed E-state index contributed by atoms with van der Waals surface area (Å²) in [6.45, 7) is 0.818. The zero-order valence-electron chi connectivity index (χ0n) is 13.2. The molecule has 0 spiro atoms. The first-order chi connectivity index (χ1) is 11.8. The van der Waals surface area contributed by atoms with Gasteiger partial charge >= 0.3 is 0 Å². The smallest absolute Gasteiger partial charge is 0.227 e. The monoisotopic (exact) mass is 383 g/mol. The Balaban J connectivity index is 2.20. The number of carbonyl (C=O) groups is 2. The van der Waals surface area contributed by atoms with Crippen LogP contribution in [0, 0.1) is 0 Å². The number of aryl methyl sites for hydroxylation is 1. The quantitative estimate of drug-likeness (QED) is 0.192. The van der Waals surface area contributed by atoms with Gasteiger partial charge in [0.1, 0.15) is 0 Å². The molecule has 2 aromatic carbocycles. The molecule has 0 N–H and O–H groups in total. The van der Waals surface area contributed by atoms with Crippen molar-refractivity contribution in [3.05, 3.63) is 60.3 Å². The summed E-state index contributed by atoms with van der Waals surface area (Å²) in [6, 6.07) is 16.0. The molecule has 0 amide bonds. The van der Waals surface area contributed by atoms with Crippen LogP contribution in [0.3, 0.4) is 0 Å². The van der Waals surface area contributed by atoms with E-state index in [9.17, 15) is 9.59 Å². The molecule has 0 aliphatic heterocycles. The largest absolute Gasteiger partial charge is 0.346 e. The van der Waals surface area contributed by atoms with Crippen LogP contribution in [0.2, 0.25) is 0 Å². The fourth-order valence-electron chi connectivity index (χ4n) is 3.02. The molecule has 0 radical (unpaired) electrons. The molecule has 0 fully saturated rings. The molecule has 0 aliphatic carbocycles. The van der Waals surface area contributed by atoms with Gasteiger partial charge in [-0.05, 0) is 18.4 Å². The van der Waals surface area contributed by atoms with Gasteiger partial charge in [0.25, 0.3) is 0 Å². The summed E-state index contributed by atoms with van der Waals surface area (Å²) in [6.07, 6.45) is 4.28. The van der Waals surface area contributed by atoms with Crippen molar-refractivity contribution in [2.75, 3.05) is 5.33 Å². The number of aromatic nitrogens is 1. The predicted octanol–water partition coefficient (Wildman–Crippen LogP) is 4.87. The van der Waals surface area contributed by atoms with Gasteiger partial charge in [0.15, 0.2) is 6.29 Å². The molecule has 3 rings (SSSR count). The Morgan fingerprint density at radius 2 is 1.83 bits per heavy atom. The minimum Gasteiger partial charge on any atom is -0.346 e. The highest BCUT2D eigenvalue weighted by atomic mass is 79.9. The molecular weight excluding hydrogens is 366 g/mol. The lowest BCUT2D eigenvalue weighted by Gasteiger charge is -2.10. The third-order valence-corrected chi connectivity index (χ3v) is 4.70. The molecule has 122 valence electrons. The van der Waals surface area contributed by atoms with Crippen molar-refractivity contribution in [1.29, 1.82) is 0 Å². The molecule has 0 saturated carbocycles. The lowest BCUT2D eigenvalue weighted by molar-refractivity contribution is -0.104. The van der Waals surface area contributed by atoms with E-state index in [1.165, 1.54) is 0 Å². The molecule has 4 heteroatoms. The first-order valence-electron chi connectivity index (χ1n) is 7.99. The lowest BCUT2D eigenvalue weighted by atomic mass is 10.0. The Hall–Kier alpha value is -2.20. The molecule has 3 aromatic rings. The Kier molecular flexibility index (Phi) is 5.26. The van der Waals surface area contributed by atoms with Gasteiger partial charge in [-0.25, -0.2) is 0 Å². The molecule has 24 heavy (non-hydrogen) atoms. The van der Waals surface area contributed by atoms with Crippen LogP contribution in [0.1, 0.15) is 23.2 Å². The second-order valence-corrected chi connectivity index (χ2v) is 6.48. The van der Waals surface area contributed by atoms with Crippen LogP contribution in [-0.4, -0.2) is 22.0 Å². The van der Waals surface area contributed by atoms with E-state index >= 15 is 0 Å². The van der Waals surface area contributed by atoms with E-state index in [0.29, 0.717) is 11.8 Å². The number of unbranched alkanes of at least 4 members (excludes halogenated alkanes) is 1. The number of hydrogen-bond acceptors (Lipinski definition) is 2. The Morgan fingerprint density at radius 3 is 2.54 bits per heavy atom. The van der Waals surface area contributed by atoms with Crippen LogP contribution >= 0.6 is 15.9 Å². The molecule has 0 atom stereocenters. The fourth-order valence-corrected chi connectivity index (χ4v) is 3.42. The summed E-state index contributed by atoms with van der Waals surface area (Å²) in [4.78, 5) is 23.0. The molecular formula is C20H18BrNO2. The van der Waals surface area contributed by atoms with Crippen molar-refractivity contribution in [3.8, 4) is 11.1 Å². The van der Waals surface area contributed by atoms with Gasteiger partial charge < -0.3 is 4.57 Å². The van der Waals surface area contributed by atoms with Crippen molar-refractivity contribution in [2.24, 2.45) is 0 Å². The van der Waals surface area contributed by atoms with E-state index in [1.807, 2.05) is 36.5 Å². The number of Topliss-reactive ketones (excluding diaryl/α,β-unsaturated/α-hetero) is 1. The highest BCUT2D eigenvalue weighted by molar-refractivity contribution is 9.09. The summed E-state index contributed by atoms with van der Waals surface area (Å²) in [5.74, 6) is -0.468. The average molecular weight is 384 g/mol. The molecule has 0 bridgehead atoms. The number of rotatable bonds is 7. The van der Waals surface area contributed by atoms with E-state index in [0.717, 1.165) is 46.7 Å². The van der Waals surface area contributed by atoms with Crippen molar-refractivity contribution in [1.82, 2.24) is 4.57 Å². The average Bonchev–Trinajstić information content (AvgIpc) is 3.01. The van der Waals surface area contributed by atoms with Gasteiger partial charge in [-0.3, -0.25) is 9.59 Å². The summed E-state index contributed by atoms with van der Waals surface area (Å²) in [7, 11) is 0. The molecule has 1 aromatic heterocycles. The number of halogens is 1. The highest BCUT2D eigenvalue weighted by Crippen LogP contribution is 2.32. The van der Waals surface area contributed by atoms with Crippen molar-refractivity contribution in [2.45, 2.75) is 19.4 Å². The summed E-state index contributed by atoms with van der Waals surface area (Å²) in [5, 5.41) is 1.80. The van der Waals surface area contributed by atoms with Crippen LogP contribution in [0.15, 0.2) is 54.7 Å². The first kappa shape index (κ1) is 16.7. The number of hydrogen-bond donors (Lipinski definition) is 0. The zero-order chi connectivity index (χ0) is 16.9. The second-order valence-electron chi connectivity index (χ2n) is 5.68. The standard InChI is InChI=1S/C20H18BrNO2/c21-11-4-5-12-22-13-18(19(24)14-23)17-10-6-9-16(20(17)22)15-7-2-1-3-8-15/h1-3,6-10,13-14H,4-5,11-12H2. The van der Waals surface area contributed by atoms with Crippen LogP contribution in [0.5, 0.6) is 0 Å². The molecule has 0 unspecified atom stereocenters. The van der Waals surface area contributed by atoms with Gasteiger partial charge in [0.2, 0.25) is 5.78 Å². The van der Waals surface area contributed by atoms with Crippen molar-refractivity contribution < 1.29 is 9.59 Å². The minimum atomic E-state index is -0.468. The van der Waals surface area contributed by atoms with Crippen LogP contribution in [-0.2, 0) is 11.3 Å². The van der Waals surface area contributed by atoms with E-state index in [-0.39, 0.29) is 0 Å². The number of ketones is 1. The van der Waals surface area contributed by atoms with E-state index in [2.05, 4.69) is 38.7 Å². The zero-order valence-corrected chi connectivity index (χ0v) is 14.8. The number of alkyl halides is 1. The molecule has 0 saturated heterocycles. The van der Waals surface area contributed by atoms with Gasteiger partial charge in [-0.2, -0.15) is 0 Å². The SMILES string of the molecule is O=CC(=O)c1cn(CCCCBr)c2c(-c3ccccc3)cccc12. The molecule has 1 heterocycles. The topological polar surface area (TPSA) is 39.1 Å². The fraction of sp³-hybridized carbons (Fsp3) is 0.200. The maximum atomic E-state index is 12.0. The van der Waals surface area contributed by atoms with Crippen LogP contribution < -0.4 is 0 Å². The van der Waals surface area contributed by atoms with Crippen LogP contribution in [0.25, 0.3) is 22.0 Å². The number of fused-ring (bicyclic) bond motifs is 1. The van der Waals surface area contributed by atoms with Gasteiger partial charge in [0, 0.05) is 29.0 Å². The summed E-state index contributed by atoms with van der Waals surface area (Å²) >= 11 is 3.45. The molecule has 0 aliphatic rings. The first-order valence-corrected chi connectivity index (χ1v) is 9.11. The van der Waals surface area contributed by atoms with Gasteiger partial charge in [-0.15, -0.1) is 0 Å². The maximum Gasteiger partial charge on any atom is 0.227 e. The number of carbonyl (C=O) groups excluding carboxylic acids is 2. The highest BCUT2D eigenvalue weighted by Gasteiger charge is 2.17. The predicted molar refractivity (Wildman–Crippen MR) is 101 cm³/mol. The lowest BCUT2D eigenvalue weighted by Crippen LogP contribution is -1.99. The van der Waals surface area contributed by atoms with Gasteiger partial charge in [0.05, 0.1) is 11.1 Å². The summed E-state index contributed by atoms with van der Waals surface area (Å²) < 4.78 is 2.11. The van der Waals surface area contributed by atoms with E-state index in [1.54, 1.807) is 0 Å². The number of aldehydes is 1.